The summed E-state index contributed by atoms with van der Waals surface area (Å²) in [7, 11) is -1.35. The average Bonchev–Trinajstić information content (AvgIpc) is 3.10. The van der Waals surface area contributed by atoms with E-state index >= 15 is 0 Å². The van der Waals surface area contributed by atoms with Crippen molar-refractivity contribution in [3.63, 3.8) is 0 Å². The van der Waals surface area contributed by atoms with E-state index in [0.717, 1.165) is 28.7 Å². The summed E-state index contributed by atoms with van der Waals surface area (Å²) in [6, 6.07) is 43.6. The largest absolute Gasteiger partial charge is 0.208 e. The maximum Gasteiger partial charge on any atom is 0.164 e. The number of aromatic nitrogens is 3. The highest BCUT2D eigenvalue weighted by Crippen LogP contribution is 2.46. The van der Waals surface area contributed by atoms with Crippen molar-refractivity contribution < 1.29 is 0 Å². The van der Waals surface area contributed by atoms with Crippen molar-refractivity contribution in [2.75, 3.05) is 0 Å². The molecule has 48 heavy (non-hydrogen) atoms. The van der Waals surface area contributed by atoms with Crippen molar-refractivity contribution in [3.8, 4) is 56.4 Å². The van der Waals surface area contributed by atoms with Crippen LogP contribution in [0.3, 0.4) is 0 Å². The lowest BCUT2D eigenvalue weighted by Crippen LogP contribution is -2.37. The summed E-state index contributed by atoms with van der Waals surface area (Å²) in [5.74, 6) is 2.06. The summed E-state index contributed by atoms with van der Waals surface area (Å²) in [6.07, 6.45) is 2.34. The van der Waals surface area contributed by atoms with E-state index in [9.17, 15) is 0 Å². The van der Waals surface area contributed by atoms with E-state index in [1.807, 2.05) is 18.2 Å². The van der Waals surface area contributed by atoms with Gasteiger partial charge in [-0.1, -0.05) is 156 Å². The summed E-state index contributed by atoms with van der Waals surface area (Å²) in [5.41, 5.74) is 10.8. The Bertz CT molecular complexity index is 2110. The van der Waals surface area contributed by atoms with Crippen molar-refractivity contribution in [1.29, 1.82) is 0 Å². The zero-order chi connectivity index (χ0) is 33.7. The second-order valence-electron chi connectivity index (χ2n) is 15.7. The first-order chi connectivity index (χ1) is 22.9. The molecule has 0 N–H and O–H groups in total. The highest BCUT2D eigenvalue weighted by molar-refractivity contribution is 6.88. The Hall–Kier alpha value is -4.67. The Morgan fingerprint density at radius 3 is 1.44 bits per heavy atom. The van der Waals surface area contributed by atoms with Gasteiger partial charge < -0.3 is 0 Å². The molecule has 5 aromatic carbocycles. The van der Waals surface area contributed by atoms with Gasteiger partial charge in [0.15, 0.2) is 17.5 Å². The molecule has 6 aromatic rings. The molecule has 0 radical (unpaired) electrons. The fourth-order valence-electron chi connectivity index (χ4n) is 6.96. The van der Waals surface area contributed by atoms with Gasteiger partial charge in [-0.3, -0.25) is 0 Å². The Morgan fingerprint density at radius 2 is 0.854 bits per heavy atom. The number of benzene rings is 5. The van der Waals surface area contributed by atoms with Crippen LogP contribution in [0.4, 0.5) is 0 Å². The van der Waals surface area contributed by atoms with Crippen molar-refractivity contribution in [3.05, 3.63) is 132 Å². The van der Waals surface area contributed by atoms with Gasteiger partial charge in [0, 0.05) is 16.7 Å². The summed E-state index contributed by atoms with van der Waals surface area (Å²) >= 11 is 0. The van der Waals surface area contributed by atoms with Gasteiger partial charge in [-0.05, 0) is 75.3 Å². The molecule has 0 atom stereocenters. The minimum absolute atomic E-state index is 0.0954. The van der Waals surface area contributed by atoms with E-state index in [1.165, 1.54) is 39.4 Å². The molecule has 0 fully saturated rings. The lowest BCUT2D eigenvalue weighted by molar-refractivity contribution is 0.332. The lowest BCUT2D eigenvalue weighted by atomic mass is 9.63. The van der Waals surface area contributed by atoms with Gasteiger partial charge in [-0.25, -0.2) is 15.0 Å². The summed E-state index contributed by atoms with van der Waals surface area (Å²) in [4.78, 5) is 15.2. The van der Waals surface area contributed by atoms with Gasteiger partial charge in [-0.15, -0.1) is 0 Å². The van der Waals surface area contributed by atoms with E-state index < -0.39 is 8.07 Å². The van der Waals surface area contributed by atoms with Crippen LogP contribution in [-0.2, 0) is 10.8 Å². The zero-order valence-corrected chi connectivity index (χ0v) is 30.3. The van der Waals surface area contributed by atoms with Gasteiger partial charge in [0.25, 0.3) is 0 Å². The molecule has 1 heterocycles. The standard InChI is InChI=1S/C44H45N3Si/c1-43(2)25-26-44(3,4)39-29-36(21-24-38(39)43)42-46-40(31-13-9-8-10-14-31)45-41(47-42)35-18-12-17-34(28-35)33-16-11-15-32(27-33)30-19-22-37(23-20-30)48(5,6)7/h8-24,27-29H,25-26H2,1-7H3. The molecule has 1 aliphatic rings. The van der Waals surface area contributed by atoms with Crippen molar-refractivity contribution in [2.45, 2.75) is 71.0 Å². The number of hydrogen-bond donors (Lipinski definition) is 0. The number of fused-ring (bicyclic) bond motifs is 1. The van der Waals surface area contributed by atoms with Crippen LogP contribution in [-0.4, -0.2) is 23.0 Å². The molecule has 1 aliphatic carbocycles. The van der Waals surface area contributed by atoms with Gasteiger partial charge in [-0.2, -0.15) is 0 Å². The maximum absolute atomic E-state index is 5.14. The second-order valence-corrected chi connectivity index (χ2v) is 20.8. The molecule has 0 amide bonds. The highest BCUT2D eigenvalue weighted by atomic mass is 28.3. The molecule has 4 heteroatoms. The number of hydrogen-bond acceptors (Lipinski definition) is 3. The van der Waals surface area contributed by atoms with E-state index in [4.69, 9.17) is 15.0 Å². The molecule has 240 valence electrons. The molecule has 0 unspecified atom stereocenters. The van der Waals surface area contributed by atoms with Gasteiger partial charge in [0.05, 0.1) is 8.07 Å². The fraction of sp³-hybridized carbons (Fsp3) is 0.250. The monoisotopic (exact) mass is 643 g/mol. The molecule has 0 saturated heterocycles. The van der Waals surface area contributed by atoms with Crippen LogP contribution in [0.25, 0.3) is 56.4 Å². The van der Waals surface area contributed by atoms with Crippen molar-refractivity contribution in [2.24, 2.45) is 0 Å². The van der Waals surface area contributed by atoms with Crippen LogP contribution < -0.4 is 5.19 Å². The molecular weight excluding hydrogens is 599 g/mol. The highest BCUT2D eigenvalue weighted by Gasteiger charge is 2.37. The van der Waals surface area contributed by atoms with Gasteiger partial charge in [0.1, 0.15) is 0 Å². The van der Waals surface area contributed by atoms with Crippen LogP contribution in [0, 0.1) is 0 Å². The van der Waals surface area contributed by atoms with Gasteiger partial charge >= 0.3 is 0 Å². The third-order valence-electron chi connectivity index (χ3n) is 10.2. The first-order valence-electron chi connectivity index (χ1n) is 17.2. The van der Waals surface area contributed by atoms with Crippen molar-refractivity contribution in [1.82, 2.24) is 15.0 Å². The Kier molecular flexibility index (Phi) is 8.04. The number of nitrogens with zero attached hydrogens (tertiary/aromatic N) is 3. The quantitative estimate of drug-likeness (QED) is 0.170. The minimum Gasteiger partial charge on any atom is -0.208 e. The summed E-state index contributed by atoms with van der Waals surface area (Å²) in [5, 5.41) is 1.48. The smallest absolute Gasteiger partial charge is 0.164 e. The molecule has 3 nitrogen and oxygen atoms in total. The first-order valence-corrected chi connectivity index (χ1v) is 20.7. The molecule has 1 aromatic heterocycles. The molecule has 7 rings (SSSR count). The van der Waals surface area contributed by atoms with Crippen LogP contribution in [0.2, 0.25) is 19.6 Å². The minimum atomic E-state index is -1.35. The molecule has 0 spiro atoms. The van der Waals surface area contributed by atoms with Crippen LogP contribution in [0.15, 0.2) is 121 Å². The van der Waals surface area contributed by atoms with E-state index in [1.54, 1.807) is 0 Å². The summed E-state index contributed by atoms with van der Waals surface area (Å²) in [6.45, 7) is 16.6. The SMILES string of the molecule is CC1(C)CCC(C)(C)c2cc(-c3nc(-c4ccccc4)nc(-c4cccc(-c5cccc(-c6ccc([Si](C)(C)C)cc6)c5)c4)n3)ccc21. The topological polar surface area (TPSA) is 38.7 Å². The predicted molar refractivity (Wildman–Crippen MR) is 205 cm³/mol. The number of rotatable bonds is 6. The molecule has 0 aliphatic heterocycles. The second kappa shape index (κ2) is 12.1. The molecule has 0 bridgehead atoms. The first kappa shape index (κ1) is 31.9. The predicted octanol–water partition coefficient (Wildman–Crippen LogP) is 11.1. The normalized spacial score (nSPS) is 15.1. The van der Waals surface area contributed by atoms with Gasteiger partial charge in [0.2, 0.25) is 0 Å². The third-order valence-corrected chi connectivity index (χ3v) is 12.2. The van der Waals surface area contributed by atoms with Crippen LogP contribution >= 0.6 is 0 Å². The third kappa shape index (κ3) is 6.29. The molecule has 0 saturated carbocycles. The van der Waals surface area contributed by atoms with E-state index in [0.29, 0.717) is 17.5 Å². The van der Waals surface area contributed by atoms with E-state index in [2.05, 4.69) is 150 Å². The Balaban J connectivity index is 1.30. The fourth-order valence-corrected chi connectivity index (χ4v) is 8.12. The lowest BCUT2D eigenvalue weighted by Gasteiger charge is -2.42. The zero-order valence-electron chi connectivity index (χ0n) is 29.3. The molecular formula is C44H45N3Si. The van der Waals surface area contributed by atoms with E-state index in [-0.39, 0.29) is 10.8 Å². The van der Waals surface area contributed by atoms with Crippen LogP contribution in [0.5, 0.6) is 0 Å². The Morgan fingerprint density at radius 1 is 0.417 bits per heavy atom. The Labute approximate surface area is 287 Å². The maximum atomic E-state index is 5.14. The van der Waals surface area contributed by atoms with Crippen LogP contribution in [0.1, 0.15) is 51.7 Å². The summed E-state index contributed by atoms with van der Waals surface area (Å²) < 4.78 is 0. The average molecular weight is 644 g/mol. The van der Waals surface area contributed by atoms with Crippen molar-refractivity contribution >= 4 is 13.3 Å².